The molecule has 0 aromatic carbocycles. The molecule has 0 spiro atoms. The van der Waals surface area contributed by atoms with Crippen molar-refractivity contribution in [3.05, 3.63) is 40.9 Å². The number of aryl methyl sites for hydroxylation is 2. The molecular weight excluding hydrogens is 356 g/mol. The molecule has 3 aromatic rings. The summed E-state index contributed by atoms with van der Waals surface area (Å²) < 4.78 is 3.83. The van der Waals surface area contributed by atoms with Crippen LogP contribution in [0.2, 0.25) is 0 Å². The molecule has 1 aliphatic carbocycles. The van der Waals surface area contributed by atoms with Crippen LogP contribution in [-0.4, -0.2) is 60.3 Å². The number of hydrogen-bond donors (Lipinski definition) is 1. The zero-order valence-corrected chi connectivity index (χ0v) is 17.0. The third-order valence-electron chi connectivity index (χ3n) is 5.25. The van der Waals surface area contributed by atoms with E-state index in [-0.39, 0.29) is 11.9 Å². The minimum atomic E-state index is -0.140. The first kappa shape index (κ1) is 18.5. The highest BCUT2D eigenvalue weighted by molar-refractivity contribution is 5.93. The number of fused-ring (bicyclic) bond motifs is 1. The Morgan fingerprint density at radius 2 is 2.00 bits per heavy atom. The molecule has 0 saturated heterocycles. The first-order valence-corrected chi connectivity index (χ1v) is 9.49. The molecule has 1 aliphatic rings. The number of nitrogens with zero attached hydrogens (tertiary/aromatic N) is 7. The van der Waals surface area contributed by atoms with Crippen molar-refractivity contribution in [3.63, 3.8) is 0 Å². The van der Waals surface area contributed by atoms with E-state index in [4.69, 9.17) is 0 Å². The number of rotatable bonds is 5. The van der Waals surface area contributed by atoms with Crippen LogP contribution in [0.5, 0.6) is 0 Å². The molecule has 148 valence electrons. The van der Waals surface area contributed by atoms with Crippen molar-refractivity contribution in [2.24, 2.45) is 7.05 Å². The highest BCUT2D eigenvalue weighted by Crippen LogP contribution is 2.36. The van der Waals surface area contributed by atoms with Gasteiger partial charge in [0.2, 0.25) is 0 Å². The molecule has 1 fully saturated rings. The molecular formula is C19H26N8O. The Bertz CT molecular complexity index is 1030. The molecule has 1 saturated carbocycles. The molecule has 0 unspecified atom stereocenters. The highest BCUT2D eigenvalue weighted by Gasteiger charge is 2.35. The van der Waals surface area contributed by atoms with Gasteiger partial charge in [0.05, 0.1) is 12.2 Å². The second kappa shape index (κ2) is 6.97. The van der Waals surface area contributed by atoms with Crippen LogP contribution >= 0.6 is 0 Å². The lowest BCUT2D eigenvalue weighted by molar-refractivity contribution is 0.0901. The summed E-state index contributed by atoms with van der Waals surface area (Å²) >= 11 is 0. The third-order valence-corrected chi connectivity index (χ3v) is 5.25. The summed E-state index contributed by atoms with van der Waals surface area (Å²) in [6.45, 7) is 4.60. The molecule has 0 radical (unpaired) electrons. The minimum absolute atomic E-state index is 0.136. The molecule has 0 atom stereocenters. The molecule has 28 heavy (non-hydrogen) atoms. The Hall–Kier alpha value is -2.81. The maximum Gasteiger partial charge on any atom is 0.270 e. The van der Waals surface area contributed by atoms with Gasteiger partial charge >= 0.3 is 0 Å². The van der Waals surface area contributed by atoms with Crippen LogP contribution in [0.25, 0.3) is 5.65 Å². The fourth-order valence-electron chi connectivity index (χ4n) is 3.71. The normalized spacial score (nSPS) is 19.2. The van der Waals surface area contributed by atoms with Crippen LogP contribution in [0, 0.1) is 13.8 Å². The number of aromatic nitrogens is 6. The van der Waals surface area contributed by atoms with Gasteiger partial charge in [0.25, 0.3) is 5.91 Å². The Kier molecular flexibility index (Phi) is 4.62. The molecule has 3 heterocycles. The van der Waals surface area contributed by atoms with Crippen LogP contribution in [-0.2, 0) is 13.6 Å². The van der Waals surface area contributed by atoms with E-state index in [1.54, 1.807) is 10.6 Å². The lowest BCUT2D eigenvalue weighted by Crippen LogP contribution is -2.44. The second-order valence-electron chi connectivity index (χ2n) is 7.95. The van der Waals surface area contributed by atoms with Crippen molar-refractivity contribution < 1.29 is 4.79 Å². The fraction of sp³-hybridized carbons (Fsp3) is 0.526. The molecule has 9 heteroatoms. The van der Waals surface area contributed by atoms with Crippen LogP contribution in [0.1, 0.15) is 52.3 Å². The molecule has 0 aliphatic heterocycles. The first-order chi connectivity index (χ1) is 13.3. The smallest absolute Gasteiger partial charge is 0.270 e. The number of nitrogens with one attached hydrogen (secondary N) is 1. The Balaban J connectivity index is 1.40. The van der Waals surface area contributed by atoms with Gasteiger partial charge in [0.1, 0.15) is 17.3 Å². The van der Waals surface area contributed by atoms with Crippen molar-refractivity contribution in [1.82, 2.24) is 39.6 Å². The van der Waals surface area contributed by atoms with Gasteiger partial charge in [-0.25, -0.2) is 9.50 Å². The standard InChI is InChI=1S/C19H26N8O/c1-11-6-16-21-15(7-12(2)27(16)24-11)19(28)20-14-8-13(9-14)18-23-22-17(26(18)5)10-25(3)4/h6-7,13-14H,8-10H2,1-5H3,(H,20,28). The van der Waals surface area contributed by atoms with Crippen LogP contribution in [0.15, 0.2) is 12.1 Å². The predicted octanol–water partition coefficient (Wildman–Crippen LogP) is 1.21. The van der Waals surface area contributed by atoms with E-state index >= 15 is 0 Å². The summed E-state index contributed by atoms with van der Waals surface area (Å²) in [5.74, 6) is 2.14. The van der Waals surface area contributed by atoms with Crippen molar-refractivity contribution in [1.29, 1.82) is 0 Å². The SMILES string of the molecule is Cc1cc2nc(C(=O)NC3CC(c4nnc(CN(C)C)n4C)C3)cc(C)n2n1. The van der Waals surface area contributed by atoms with Gasteiger partial charge in [-0.05, 0) is 46.9 Å². The molecule has 3 aromatic heterocycles. The van der Waals surface area contributed by atoms with Gasteiger partial charge < -0.3 is 14.8 Å². The van der Waals surface area contributed by atoms with Crippen LogP contribution in [0.4, 0.5) is 0 Å². The zero-order valence-electron chi connectivity index (χ0n) is 17.0. The number of carbonyl (C=O) groups is 1. The maximum absolute atomic E-state index is 12.6. The molecule has 9 nitrogen and oxygen atoms in total. The van der Waals surface area contributed by atoms with E-state index in [1.165, 1.54) is 0 Å². The number of carbonyl (C=O) groups excluding carboxylic acids is 1. The molecule has 4 rings (SSSR count). The largest absolute Gasteiger partial charge is 0.348 e. The number of hydrogen-bond acceptors (Lipinski definition) is 6. The highest BCUT2D eigenvalue weighted by atomic mass is 16.2. The van der Waals surface area contributed by atoms with Gasteiger partial charge in [-0.2, -0.15) is 5.10 Å². The van der Waals surface area contributed by atoms with E-state index in [0.29, 0.717) is 17.3 Å². The molecule has 1 amide bonds. The topological polar surface area (TPSA) is 93.2 Å². The van der Waals surface area contributed by atoms with Gasteiger partial charge in [-0.3, -0.25) is 4.79 Å². The number of amides is 1. The lowest BCUT2D eigenvalue weighted by atomic mass is 9.79. The summed E-state index contributed by atoms with van der Waals surface area (Å²) in [5, 5.41) is 16.1. The molecule has 0 bridgehead atoms. The van der Waals surface area contributed by atoms with Crippen molar-refractivity contribution in [2.75, 3.05) is 14.1 Å². The van der Waals surface area contributed by atoms with Crippen LogP contribution in [0.3, 0.4) is 0 Å². The summed E-state index contributed by atoms with van der Waals surface area (Å²) in [6, 6.07) is 3.79. The third kappa shape index (κ3) is 3.37. The van der Waals surface area contributed by atoms with Crippen LogP contribution < -0.4 is 5.32 Å². The average molecular weight is 382 g/mol. The first-order valence-electron chi connectivity index (χ1n) is 9.49. The minimum Gasteiger partial charge on any atom is -0.348 e. The molecule has 1 N–H and O–H groups in total. The predicted molar refractivity (Wildman–Crippen MR) is 104 cm³/mol. The summed E-state index contributed by atoms with van der Waals surface area (Å²) in [4.78, 5) is 19.2. The van der Waals surface area contributed by atoms with Gasteiger partial charge in [-0.15, -0.1) is 10.2 Å². The summed E-state index contributed by atoms with van der Waals surface area (Å²) in [5.41, 5.74) is 2.90. The van der Waals surface area contributed by atoms with E-state index < -0.39 is 0 Å². The fourth-order valence-corrected chi connectivity index (χ4v) is 3.71. The van der Waals surface area contributed by atoms with Gasteiger partial charge in [0.15, 0.2) is 5.65 Å². The summed E-state index contributed by atoms with van der Waals surface area (Å²) in [6.07, 6.45) is 1.74. The Morgan fingerprint density at radius 1 is 1.25 bits per heavy atom. The van der Waals surface area contributed by atoms with E-state index in [0.717, 1.165) is 42.4 Å². The van der Waals surface area contributed by atoms with E-state index in [2.05, 4.69) is 35.1 Å². The lowest BCUT2D eigenvalue weighted by Gasteiger charge is -2.35. The van der Waals surface area contributed by atoms with E-state index in [1.807, 2.05) is 41.1 Å². The van der Waals surface area contributed by atoms with Crippen molar-refractivity contribution in [3.8, 4) is 0 Å². The quantitative estimate of drug-likeness (QED) is 0.713. The summed E-state index contributed by atoms with van der Waals surface area (Å²) in [7, 11) is 6.04. The Labute approximate surface area is 163 Å². The van der Waals surface area contributed by atoms with Gasteiger partial charge in [0, 0.05) is 30.8 Å². The maximum atomic E-state index is 12.6. The van der Waals surface area contributed by atoms with Crippen molar-refractivity contribution >= 4 is 11.6 Å². The average Bonchev–Trinajstić information content (AvgIpc) is 3.13. The van der Waals surface area contributed by atoms with Crippen molar-refractivity contribution in [2.45, 2.75) is 45.2 Å². The second-order valence-corrected chi connectivity index (χ2v) is 7.95. The van der Waals surface area contributed by atoms with Gasteiger partial charge in [-0.1, -0.05) is 0 Å². The monoisotopic (exact) mass is 382 g/mol. The Morgan fingerprint density at radius 3 is 2.71 bits per heavy atom. The zero-order chi connectivity index (χ0) is 20.0. The van der Waals surface area contributed by atoms with E-state index in [9.17, 15) is 4.79 Å².